The van der Waals surface area contributed by atoms with E-state index in [1.807, 2.05) is 43.3 Å². The fourth-order valence-corrected chi connectivity index (χ4v) is 3.40. The zero-order chi connectivity index (χ0) is 19.8. The highest BCUT2D eigenvalue weighted by atomic mass is 16.5. The zero-order valence-corrected chi connectivity index (χ0v) is 16.8. The Labute approximate surface area is 167 Å². The van der Waals surface area contributed by atoms with Crippen molar-refractivity contribution in [2.75, 3.05) is 13.7 Å². The first-order valence-corrected chi connectivity index (χ1v) is 9.98. The molecule has 0 saturated heterocycles. The van der Waals surface area contributed by atoms with Gasteiger partial charge in [0.2, 0.25) is 0 Å². The predicted molar refractivity (Wildman–Crippen MR) is 112 cm³/mol. The third kappa shape index (κ3) is 5.62. The molecule has 4 heteroatoms. The topological polar surface area (TPSA) is 47.6 Å². The van der Waals surface area contributed by atoms with Gasteiger partial charge in [-0.05, 0) is 69.4 Å². The molecule has 0 saturated carbocycles. The molecule has 0 spiro atoms. The maximum atomic E-state index is 12.5. The van der Waals surface area contributed by atoms with Crippen LogP contribution in [-0.4, -0.2) is 19.6 Å². The fraction of sp³-hybridized carbons (Fsp3) is 0.375. The van der Waals surface area contributed by atoms with Gasteiger partial charge in [0.1, 0.15) is 18.1 Å². The number of hydrogen-bond acceptors (Lipinski definition) is 3. The monoisotopic (exact) mass is 379 g/mol. The largest absolute Gasteiger partial charge is 0.496 e. The standard InChI is InChI=1S/C24H29NO3/c1-18-8-11-22(12-9-18)28-17-21-16-20(10-13-23(21)27-2)24(26)25-15-14-19-6-4-3-5-7-19/h6,8-13,16H,3-5,7,14-15,17H2,1-2H3,(H,25,26). The van der Waals surface area contributed by atoms with E-state index in [0.29, 0.717) is 18.7 Å². The van der Waals surface area contributed by atoms with Gasteiger partial charge in [-0.25, -0.2) is 0 Å². The van der Waals surface area contributed by atoms with Gasteiger partial charge in [-0.2, -0.15) is 0 Å². The Balaban J connectivity index is 1.59. The van der Waals surface area contributed by atoms with Crippen LogP contribution in [0.5, 0.6) is 11.5 Å². The quantitative estimate of drug-likeness (QED) is 0.641. The number of carbonyl (C=O) groups excluding carboxylic acids is 1. The lowest BCUT2D eigenvalue weighted by Gasteiger charge is -2.14. The molecule has 0 aliphatic heterocycles. The summed E-state index contributed by atoms with van der Waals surface area (Å²) in [6.07, 6.45) is 8.15. The van der Waals surface area contributed by atoms with Crippen molar-refractivity contribution in [3.63, 3.8) is 0 Å². The summed E-state index contributed by atoms with van der Waals surface area (Å²) in [6.45, 7) is 3.06. The van der Waals surface area contributed by atoms with Gasteiger partial charge in [0.25, 0.3) is 5.91 Å². The molecule has 1 aliphatic carbocycles. The summed E-state index contributed by atoms with van der Waals surface area (Å²) in [5.74, 6) is 1.45. The average Bonchev–Trinajstić information content (AvgIpc) is 2.74. The SMILES string of the molecule is COc1ccc(C(=O)NCCC2=CCCCC2)cc1COc1ccc(C)cc1. The maximum absolute atomic E-state index is 12.5. The number of methoxy groups -OCH3 is 1. The molecular formula is C24H29NO3. The van der Waals surface area contributed by atoms with E-state index in [2.05, 4.69) is 11.4 Å². The molecule has 1 N–H and O–H groups in total. The molecule has 0 unspecified atom stereocenters. The van der Waals surface area contributed by atoms with E-state index in [9.17, 15) is 4.79 Å². The lowest BCUT2D eigenvalue weighted by molar-refractivity contribution is 0.0954. The first kappa shape index (κ1) is 20.0. The van der Waals surface area contributed by atoms with Gasteiger partial charge < -0.3 is 14.8 Å². The fourth-order valence-electron chi connectivity index (χ4n) is 3.40. The number of aryl methyl sites for hydroxylation is 1. The molecule has 1 amide bonds. The van der Waals surface area contributed by atoms with E-state index in [-0.39, 0.29) is 5.91 Å². The van der Waals surface area contributed by atoms with Crippen LogP contribution >= 0.6 is 0 Å². The van der Waals surface area contributed by atoms with Crippen molar-refractivity contribution < 1.29 is 14.3 Å². The second kappa shape index (κ2) is 9.98. The summed E-state index contributed by atoms with van der Waals surface area (Å²) in [5, 5.41) is 3.03. The van der Waals surface area contributed by atoms with Gasteiger partial charge in [0, 0.05) is 17.7 Å². The first-order valence-electron chi connectivity index (χ1n) is 9.98. The van der Waals surface area contributed by atoms with Crippen LogP contribution in [0.3, 0.4) is 0 Å². The Hall–Kier alpha value is -2.75. The normalized spacial score (nSPS) is 13.6. The number of allylic oxidation sites excluding steroid dienone is 1. The Bertz CT molecular complexity index is 824. The molecular weight excluding hydrogens is 350 g/mol. The Morgan fingerprint density at radius 2 is 1.93 bits per heavy atom. The molecule has 0 aromatic heterocycles. The number of nitrogens with one attached hydrogen (secondary N) is 1. The summed E-state index contributed by atoms with van der Waals surface area (Å²) < 4.78 is 11.3. The van der Waals surface area contributed by atoms with Crippen LogP contribution in [0.4, 0.5) is 0 Å². The minimum Gasteiger partial charge on any atom is -0.496 e. The highest BCUT2D eigenvalue weighted by Crippen LogP contribution is 2.23. The van der Waals surface area contributed by atoms with Crippen molar-refractivity contribution in [3.05, 3.63) is 70.8 Å². The van der Waals surface area contributed by atoms with Gasteiger partial charge in [-0.1, -0.05) is 29.3 Å². The van der Waals surface area contributed by atoms with E-state index in [1.165, 1.54) is 36.8 Å². The molecule has 0 bridgehead atoms. The molecule has 1 aliphatic rings. The second-order valence-corrected chi connectivity index (χ2v) is 7.24. The summed E-state index contributed by atoms with van der Waals surface area (Å²) in [4.78, 5) is 12.5. The molecule has 0 fully saturated rings. The Morgan fingerprint density at radius 1 is 1.11 bits per heavy atom. The molecule has 0 heterocycles. The number of hydrogen-bond donors (Lipinski definition) is 1. The third-order valence-corrected chi connectivity index (χ3v) is 5.07. The van der Waals surface area contributed by atoms with E-state index in [0.717, 1.165) is 23.5 Å². The molecule has 148 valence electrons. The van der Waals surface area contributed by atoms with Crippen molar-refractivity contribution in [1.29, 1.82) is 0 Å². The van der Waals surface area contributed by atoms with E-state index < -0.39 is 0 Å². The van der Waals surface area contributed by atoms with Gasteiger partial charge in [-0.15, -0.1) is 0 Å². The Kier molecular flexibility index (Phi) is 7.12. The number of ether oxygens (including phenoxy) is 2. The van der Waals surface area contributed by atoms with E-state index in [4.69, 9.17) is 9.47 Å². The summed E-state index contributed by atoms with van der Waals surface area (Å²) >= 11 is 0. The van der Waals surface area contributed by atoms with Crippen LogP contribution in [0.25, 0.3) is 0 Å². The summed E-state index contributed by atoms with van der Waals surface area (Å²) in [6, 6.07) is 13.4. The second-order valence-electron chi connectivity index (χ2n) is 7.24. The number of rotatable bonds is 8. The van der Waals surface area contributed by atoms with Gasteiger partial charge in [-0.3, -0.25) is 4.79 Å². The van der Waals surface area contributed by atoms with Crippen LogP contribution in [-0.2, 0) is 6.61 Å². The minimum absolute atomic E-state index is 0.0596. The van der Waals surface area contributed by atoms with Crippen LogP contribution in [0.2, 0.25) is 0 Å². The van der Waals surface area contributed by atoms with Crippen LogP contribution in [0.1, 0.15) is 53.6 Å². The van der Waals surface area contributed by atoms with Gasteiger partial charge in [0.05, 0.1) is 7.11 Å². The maximum Gasteiger partial charge on any atom is 0.251 e. The molecule has 3 rings (SSSR count). The number of carbonyl (C=O) groups is 1. The molecule has 2 aromatic rings. The lowest BCUT2D eigenvalue weighted by atomic mass is 9.97. The van der Waals surface area contributed by atoms with Crippen LogP contribution in [0, 0.1) is 6.92 Å². The highest BCUT2D eigenvalue weighted by molar-refractivity contribution is 5.94. The van der Waals surface area contributed by atoms with E-state index >= 15 is 0 Å². The van der Waals surface area contributed by atoms with E-state index in [1.54, 1.807) is 13.2 Å². The number of benzene rings is 2. The summed E-state index contributed by atoms with van der Waals surface area (Å²) in [7, 11) is 1.63. The molecule has 4 nitrogen and oxygen atoms in total. The lowest BCUT2D eigenvalue weighted by Crippen LogP contribution is -2.25. The Morgan fingerprint density at radius 3 is 2.64 bits per heavy atom. The van der Waals surface area contributed by atoms with Gasteiger partial charge >= 0.3 is 0 Å². The molecule has 28 heavy (non-hydrogen) atoms. The molecule has 0 atom stereocenters. The highest BCUT2D eigenvalue weighted by Gasteiger charge is 2.11. The van der Waals surface area contributed by atoms with Crippen LogP contribution in [0.15, 0.2) is 54.1 Å². The van der Waals surface area contributed by atoms with Crippen molar-refractivity contribution in [1.82, 2.24) is 5.32 Å². The number of amides is 1. The van der Waals surface area contributed by atoms with Crippen molar-refractivity contribution in [3.8, 4) is 11.5 Å². The van der Waals surface area contributed by atoms with Crippen molar-refractivity contribution in [2.24, 2.45) is 0 Å². The predicted octanol–water partition coefficient (Wildman–Crippen LogP) is 5.20. The first-order chi connectivity index (χ1) is 13.7. The smallest absolute Gasteiger partial charge is 0.251 e. The third-order valence-electron chi connectivity index (χ3n) is 5.07. The minimum atomic E-state index is -0.0596. The molecule has 0 radical (unpaired) electrons. The molecule has 2 aromatic carbocycles. The average molecular weight is 380 g/mol. The summed E-state index contributed by atoms with van der Waals surface area (Å²) in [5.41, 5.74) is 4.13. The van der Waals surface area contributed by atoms with Crippen LogP contribution < -0.4 is 14.8 Å². The van der Waals surface area contributed by atoms with Crippen molar-refractivity contribution >= 4 is 5.91 Å². The van der Waals surface area contributed by atoms with Crippen molar-refractivity contribution in [2.45, 2.75) is 45.6 Å². The zero-order valence-electron chi connectivity index (χ0n) is 16.8. The van der Waals surface area contributed by atoms with Gasteiger partial charge in [0.15, 0.2) is 0 Å².